The highest BCUT2D eigenvalue weighted by molar-refractivity contribution is 7.47. The number of carbonyl (C=O) groups excluding carboxylic acids is 2. The molecule has 26 heavy (non-hydrogen) atoms. The smallest absolute Gasteiger partial charge is 0.462 e. The summed E-state index contributed by atoms with van der Waals surface area (Å²) in [6.07, 6.45) is 1.47. The maximum atomic E-state index is 11.6. The van der Waals surface area contributed by atoms with Crippen LogP contribution < -0.4 is 0 Å². The fourth-order valence-corrected chi connectivity index (χ4v) is 2.54. The number of hydrogen-bond acceptors (Lipinski definition) is 9. The molecule has 0 spiro atoms. The van der Waals surface area contributed by atoms with Gasteiger partial charge in [0.15, 0.2) is 6.10 Å². The molecule has 154 valence electrons. The van der Waals surface area contributed by atoms with Crippen LogP contribution in [0.1, 0.15) is 46.0 Å². The van der Waals surface area contributed by atoms with Crippen molar-refractivity contribution in [3.05, 3.63) is 0 Å². The number of phosphoric acid groups is 1. The summed E-state index contributed by atoms with van der Waals surface area (Å²) in [5, 5.41) is 17.7. The van der Waals surface area contributed by atoms with E-state index in [9.17, 15) is 19.0 Å². The average molecular weight is 400 g/mol. The van der Waals surface area contributed by atoms with Crippen LogP contribution in [-0.4, -0.2) is 65.7 Å². The van der Waals surface area contributed by atoms with Gasteiger partial charge in [-0.05, 0) is 6.42 Å². The normalized spacial score (nSPS) is 15.7. The SMILES string of the molecule is CCCCCCC(=O)OC[C@H](COP(=O)(O)OC[C@@H](O)CO)OC(C)=O. The number of carbonyl (C=O) groups is 2. The second-order valence-corrected chi connectivity index (χ2v) is 7.08. The first-order valence-corrected chi connectivity index (χ1v) is 9.93. The van der Waals surface area contributed by atoms with E-state index in [2.05, 4.69) is 16.0 Å². The Kier molecular flexibility index (Phi) is 13.5. The Morgan fingerprint density at radius 3 is 2.31 bits per heavy atom. The zero-order valence-electron chi connectivity index (χ0n) is 15.2. The molecule has 3 atom stereocenters. The zero-order valence-corrected chi connectivity index (χ0v) is 16.1. The van der Waals surface area contributed by atoms with Gasteiger partial charge >= 0.3 is 19.8 Å². The first-order valence-electron chi connectivity index (χ1n) is 8.43. The van der Waals surface area contributed by atoms with Crippen molar-refractivity contribution in [3.63, 3.8) is 0 Å². The minimum Gasteiger partial charge on any atom is -0.462 e. The number of phosphoric ester groups is 1. The van der Waals surface area contributed by atoms with Gasteiger partial charge in [-0.25, -0.2) is 4.57 Å². The summed E-state index contributed by atoms with van der Waals surface area (Å²) >= 11 is 0. The van der Waals surface area contributed by atoms with Gasteiger partial charge in [-0.15, -0.1) is 0 Å². The van der Waals surface area contributed by atoms with E-state index < -0.39 is 51.8 Å². The standard InChI is InChI=1S/C15H29O10P/c1-3-4-5-6-7-15(19)22-10-14(25-12(2)17)11-24-26(20,21)23-9-13(18)8-16/h13-14,16,18H,3-11H2,1-2H3,(H,20,21)/t13-,14+/m0/s1. The molecule has 0 aromatic carbocycles. The van der Waals surface area contributed by atoms with Crippen molar-refractivity contribution in [2.24, 2.45) is 0 Å². The molecule has 0 saturated heterocycles. The molecule has 1 unspecified atom stereocenters. The van der Waals surface area contributed by atoms with Crippen LogP contribution >= 0.6 is 7.82 Å². The number of rotatable bonds is 15. The highest BCUT2D eigenvalue weighted by Gasteiger charge is 2.26. The average Bonchev–Trinajstić information content (AvgIpc) is 2.58. The van der Waals surface area contributed by atoms with E-state index in [0.717, 1.165) is 26.2 Å². The van der Waals surface area contributed by atoms with E-state index >= 15 is 0 Å². The third-order valence-electron chi connectivity index (χ3n) is 3.06. The topological polar surface area (TPSA) is 149 Å². The summed E-state index contributed by atoms with van der Waals surface area (Å²) < 4.78 is 30.6. The third-order valence-corrected chi connectivity index (χ3v) is 4.01. The van der Waals surface area contributed by atoms with Gasteiger partial charge in [0.05, 0.1) is 19.8 Å². The Bertz CT molecular complexity index is 456. The van der Waals surface area contributed by atoms with E-state index in [0.29, 0.717) is 6.42 Å². The molecule has 0 fully saturated rings. The predicted octanol–water partition coefficient (Wildman–Crippen LogP) is 0.918. The lowest BCUT2D eigenvalue weighted by atomic mass is 10.2. The summed E-state index contributed by atoms with van der Waals surface area (Å²) in [6, 6.07) is 0. The van der Waals surface area contributed by atoms with Crippen molar-refractivity contribution >= 4 is 19.8 Å². The zero-order chi connectivity index (χ0) is 20.0. The van der Waals surface area contributed by atoms with Gasteiger partial charge in [0, 0.05) is 13.3 Å². The summed E-state index contributed by atoms with van der Waals surface area (Å²) in [4.78, 5) is 32.2. The van der Waals surface area contributed by atoms with E-state index in [4.69, 9.17) is 19.7 Å². The lowest BCUT2D eigenvalue weighted by molar-refractivity contribution is -0.159. The number of hydrogen-bond donors (Lipinski definition) is 3. The molecule has 0 aromatic rings. The second-order valence-electron chi connectivity index (χ2n) is 5.62. The van der Waals surface area contributed by atoms with Crippen LogP contribution in [0.5, 0.6) is 0 Å². The van der Waals surface area contributed by atoms with E-state index in [1.54, 1.807) is 0 Å². The van der Waals surface area contributed by atoms with Crippen LogP contribution in [0.15, 0.2) is 0 Å². The van der Waals surface area contributed by atoms with Gasteiger partial charge in [-0.3, -0.25) is 18.6 Å². The minimum absolute atomic E-state index is 0.230. The van der Waals surface area contributed by atoms with Crippen LogP contribution in [-0.2, 0) is 32.7 Å². The number of aliphatic hydroxyl groups is 2. The number of esters is 2. The first kappa shape index (κ1) is 25.0. The highest BCUT2D eigenvalue weighted by Crippen LogP contribution is 2.43. The van der Waals surface area contributed by atoms with Crippen molar-refractivity contribution < 1.29 is 47.8 Å². The van der Waals surface area contributed by atoms with Crippen molar-refractivity contribution in [3.8, 4) is 0 Å². The van der Waals surface area contributed by atoms with Crippen LogP contribution in [0.4, 0.5) is 0 Å². The second kappa shape index (κ2) is 14.1. The Labute approximate surface area is 153 Å². The molecule has 0 bridgehead atoms. The lowest BCUT2D eigenvalue weighted by Crippen LogP contribution is -2.29. The Morgan fingerprint density at radius 1 is 1.08 bits per heavy atom. The van der Waals surface area contributed by atoms with Gasteiger partial charge in [0.2, 0.25) is 0 Å². The van der Waals surface area contributed by atoms with Gasteiger partial charge in [0.25, 0.3) is 0 Å². The molecule has 0 heterocycles. The maximum Gasteiger partial charge on any atom is 0.472 e. The maximum absolute atomic E-state index is 11.6. The van der Waals surface area contributed by atoms with E-state index in [-0.39, 0.29) is 13.0 Å². The summed E-state index contributed by atoms with van der Waals surface area (Å²) in [7, 11) is -4.53. The number of aliphatic hydroxyl groups excluding tert-OH is 2. The van der Waals surface area contributed by atoms with Gasteiger partial charge < -0.3 is 24.6 Å². The molecule has 0 aromatic heterocycles. The monoisotopic (exact) mass is 400 g/mol. The van der Waals surface area contributed by atoms with E-state index in [1.165, 1.54) is 0 Å². The van der Waals surface area contributed by atoms with Gasteiger partial charge in [-0.1, -0.05) is 26.2 Å². The summed E-state index contributed by atoms with van der Waals surface area (Å²) in [5.74, 6) is -1.14. The van der Waals surface area contributed by atoms with Crippen molar-refractivity contribution in [1.82, 2.24) is 0 Å². The predicted molar refractivity (Wildman–Crippen MR) is 90.1 cm³/mol. The summed E-state index contributed by atoms with van der Waals surface area (Å²) in [6.45, 7) is 1.04. The molecule has 10 nitrogen and oxygen atoms in total. The van der Waals surface area contributed by atoms with Gasteiger partial charge in [0.1, 0.15) is 12.7 Å². The molecule has 0 amide bonds. The largest absolute Gasteiger partial charge is 0.472 e. The van der Waals surface area contributed by atoms with Crippen molar-refractivity contribution in [1.29, 1.82) is 0 Å². The van der Waals surface area contributed by atoms with Crippen LogP contribution in [0, 0.1) is 0 Å². The fourth-order valence-electron chi connectivity index (χ4n) is 1.75. The van der Waals surface area contributed by atoms with E-state index in [1.807, 2.05) is 0 Å². The third kappa shape index (κ3) is 14.2. The van der Waals surface area contributed by atoms with Crippen LogP contribution in [0.25, 0.3) is 0 Å². The molecular weight excluding hydrogens is 371 g/mol. The van der Waals surface area contributed by atoms with Crippen molar-refractivity contribution in [2.75, 3.05) is 26.4 Å². The Hall–Kier alpha value is -1.03. The van der Waals surface area contributed by atoms with Crippen LogP contribution in [0.2, 0.25) is 0 Å². The molecule has 0 aliphatic rings. The molecule has 0 aliphatic carbocycles. The molecule has 0 radical (unpaired) electrons. The van der Waals surface area contributed by atoms with Crippen molar-refractivity contribution in [2.45, 2.75) is 58.2 Å². The molecule has 11 heteroatoms. The fraction of sp³-hybridized carbons (Fsp3) is 0.867. The quantitative estimate of drug-likeness (QED) is 0.206. The highest BCUT2D eigenvalue weighted by atomic mass is 31.2. The van der Waals surface area contributed by atoms with Crippen LogP contribution in [0.3, 0.4) is 0 Å². The summed E-state index contributed by atoms with van der Waals surface area (Å²) in [5.41, 5.74) is 0. The minimum atomic E-state index is -4.53. The lowest BCUT2D eigenvalue weighted by Gasteiger charge is -2.19. The molecule has 3 N–H and O–H groups in total. The Balaban J connectivity index is 4.32. The first-order chi connectivity index (χ1) is 12.2. The number of unbranched alkanes of at least 4 members (excludes halogenated alkanes) is 3. The van der Waals surface area contributed by atoms with Gasteiger partial charge in [-0.2, -0.15) is 0 Å². The molecule has 0 rings (SSSR count). The Morgan fingerprint density at radius 2 is 1.73 bits per heavy atom. The number of ether oxygens (including phenoxy) is 2. The molecule has 0 saturated carbocycles. The molecule has 0 aliphatic heterocycles. The molecular formula is C15H29O10P.